The number of rotatable bonds is 4. The number of ether oxygens (including phenoxy) is 1. The highest BCUT2D eigenvalue weighted by atomic mass is 16.5. The van der Waals surface area contributed by atoms with Gasteiger partial charge in [0.1, 0.15) is 0 Å². The first-order valence-corrected chi connectivity index (χ1v) is 8.67. The second-order valence-electron chi connectivity index (χ2n) is 6.75. The Morgan fingerprint density at radius 3 is 3.04 bits per heavy atom. The zero-order valence-electron chi connectivity index (χ0n) is 14.0. The summed E-state index contributed by atoms with van der Waals surface area (Å²) in [6.07, 6.45) is 7.02. The lowest BCUT2D eigenvalue weighted by Gasteiger charge is -2.31. The molecule has 0 aliphatic carbocycles. The number of hydrogen-bond donors (Lipinski definition) is 1. The Labute approximate surface area is 146 Å². The molecule has 1 saturated heterocycles. The van der Waals surface area contributed by atoms with Gasteiger partial charge in [-0.25, -0.2) is 4.79 Å². The fraction of sp³-hybridized carbons (Fsp3) is 0.421. The van der Waals surface area contributed by atoms with Crippen LogP contribution in [-0.2, 0) is 17.7 Å². The molecule has 0 spiro atoms. The molecule has 0 amide bonds. The Morgan fingerprint density at radius 1 is 1.40 bits per heavy atom. The zero-order chi connectivity index (χ0) is 17.2. The maximum Gasteiger partial charge on any atom is 0.338 e. The first-order valence-electron chi connectivity index (χ1n) is 8.67. The molecule has 4 heterocycles. The molecule has 0 bridgehead atoms. The largest absolute Gasteiger partial charge is 0.478 e. The van der Waals surface area contributed by atoms with Crippen LogP contribution in [-0.4, -0.2) is 52.2 Å². The molecule has 2 aromatic rings. The van der Waals surface area contributed by atoms with Gasteiger partial charge < -0.3 is 9.84 Å². The zero-order valence-corrected chi connectivity index (χ0v) is 14.0. The maximum atomic E-state index is 11.9. The number of nitrogens with zero attached hydrogens (tertiary/aromatic N) is 3. The molecule has 0 radical (unpaired) electrons. The third-order valence-corrected chi connectivity index (χ3v) is 5.04. The normalized spacial score (nSPS) is 20.4. The molecule has 1 atom stereocenters. The van der Waals surface area contributed by atoms with E-state index in [1.165, 1.54) is 0 Å². The van der Waals surface area contributed by atoms with Crippen LogP contribution in [0.1, 0.15) is 27.9 Å². The number of pyridine rings is 2. The molecule has 130 valence electrons. The predicted octanol–water partition coefficient (Wildman–Crippen LogP) is 2.24. The van der Waals surface area contributed by atoms with Gasteiger partial charge in [0.2, 0.25) is 0 Å². The molecular weight excluding hydrogens is 318 g/mol. The Hall–Kier alpha value is -2.31. The lowest BCUT2D eigenvalue weighted by Crippen LogP contribution is -2.35. The van der Waals surface area contributed by atoms with Gasteiger partial charge in [0, 0.05) is 50.4 Å². The summed E-state index contributed by atoms with van der Waals surface area (Å²) in [6, 6.07) is 3.65. The Kier molecular flexibility index (Phi) is 4.46. The lowest BCUT2D eigenvalue weighted by molar-refractivity contribution is 0.0695. The standard InChI is InChI=1S/C19H21N3O3/c23-19(24)17-16-3-6-22(10-13-4-7-25-12-13)11-15(16)9-21-18(17)14-2-1-5-20-8-14/h1-2,5,8-9,13H,3-4,6-7,10-12H2,(H,23,24). The van der Waals surface area contributed by atoms with Crippen molar-refractivity contribution in [2.45, 2.75) is 19.4 Å². The fourth-order valence-electron chi connectivity index (χ4n) is 3.80. The van der Waals surface area contributed by atoms with E-state index < -0.39 is 5.97 Å². The molecule has 6 heteroatoms. The second kappa shape index (κ2) is 6.90. The van der Waals surface area contributed by atoms with E-state index in [1.807, 2.05) is 12.3 Å². The molecule has 4 rings (SSSR count). The van der Waals surface area contributed by atoms with Crippen molar-refractivity contribution in [1.29, 1.82) is 0 Å². The molecule has 0 saturated carbocycles. The van der Waals surface area contributed by atoms with Crippen molar-refractivity contribution in [1.82, 2.24) is 14.9 Å². The average Bonchev–Trinajstić information content (AvgIpc) is 3.14. The minimum Gasteiger partial charge on any atom is -0.478 e. The van der Waals surface area contributed by atoms with Crippen LogP contribution in [0.4, 0.5) is 0 Å². The van der Waals surface area contributed by atoms with Crippen molar-refractivity contribution in [3.8, 4) is 11.3 Å². The van der Waals surface area contributed by atoms with Gasteiger partial charge in [0.15, 0.2) is 0 Å². The summed E-state index contributed by atoms with van der Waals surface area (Å²) in [5.41, 5.74) is 3.52. The van der Waals surface area contributed by atoms with Gasteiger partial charge in [-0.05, 0) is 42.0 Å². The van der Waals surface area contributed by atoms with Gasteiger partial charge in [0.05, 0.1) is 17.9 Å². The van der Waals surface area contributed by atoms with Crippen molar-refractivity contribution < 1.29 is 14.6 Å². The number of carboxylic acids is 1. The van der Waals surface area contributed by atoms with Crippen LogP contribution in [0.25, 0.3) is 11.3 Å². The minimum atomic E-state index is -0.916. The lowest BCUT2D eigenvalue weighted by atomic mass is 9.92. The van der Waals surface area contributed by atoms with Crippen LogP contribution < -0.4 is 0 Å². The van der Waals surface area contributed by atoms with Gasteiger partial charge in [-0.15, -0.1) is 0 Å². The van der Waals surface area contributed by atoms with E-state index in [1.54, 1.807) is 18.5 Å². The molecule has 2 aromatic heterocycles. The smallest absolute Gasteiger partial charge is 0.338 e. The molecule has 2 aliphatic heterocycles. The highest BCUT2D eigenvalue weighted by Gasteiger charge is 2.27. The maximum absolute atomic E-state index is 11.9. The first kappa shape index (κ1) is 16.2. The number of hydrogen-bond acceptors (Lipinski definition) is 5. The van der Waals surface area contributed by atoms with E-state index in [0.717, 1.165) is 62.4 Å². The summed E-state index contributed by atoms with van der Waals surface area (Å²) in [5.74, 6) is -0.330. The van der Waals surface area contributed by atoms with Gasteiger partial charge in [-0.2, -0.15) is 0 Å². The number of aromatic carboxylic acids is 1. The fourth-order valence-corrected chi connectivity index (χ4v) is 3.80. The summed E-state index contributed by atoms with van der Waals surface area (Å²) in [7, 11) is 0. The predicted molar refractivity (Wildman–Crippen MR) is 92.3 cm³/mol. The molecule has 6 nitrogen and oxygen atoms in total. The van der Waals surface area contributed by atoms with Crippen molar-refractivity contribution in [2.75, 3.05) is 26.3 Å². The topological polar surface area (TPSA) is 75.5 Å². The van der Waals surface area contributed by atoms with E-state index in [-0.39, 0.29) is 0 Å². The minimum absolute atomic E-state index is 0.328. The van der Waals surface area contributed by atoms with Crippen LogP contribution in [0, 0.1) is 5.92 Å². The Bertz CT molecular complexity index is 773. The molecule has 1 fully saturated rings. The van der Waals surface area contributed by atoms with Crippen LogP contribution in [0.3, 0.4) is 0 Å². The Balaban J connectivity index is 1.64. The molecule has 1 unspecified atom stereocenters. The van der Waals surface area contributed by atoms with E-state index >= 15 is 0 Å². The highest BCUT2D eigenvalue weighted by Crippen LogP contribution is 2.30. The van der Waals surface area contributed by atoms with Gasteiger partial charge in [0.25, 0.3) is 0 Å². The van der Waals surface area contributed by atoms with Crippen molar-refractivity contribution in [2.24, 2.45) is 5.92 Å². The van der Waals surface area contributed by atoms with Crippen LogP contribution in [0.2, 0.25) is 0 Å². The number of fused-ring (bicyclic) bond motifs is 1. The van der Waals surface area contributed by atoms with E-state index in [2.05, 4.69) is 14.9 Å². The molecular formula is C19H21N3O3. The van der Waals surface area contributed by atoms with E-state index in [9.17, 15) is 9.90 Å². The van der Waals surface area contributed by atoms with Gasteiger partial charge in [-0.3, -0.25) is 14.9 Å². The van der Waals surface area contributed by atoms with Gasteiger partial charge >= 0.3 is 5.97 Å². The van der Waals surface area contributed by atoms with Crippen molar-refractivity contribution in [3.63, 3.8) is 0 Å². The molecule has 1 N–H and O–H groups in total. The summed E-state index contributed by atoms with van der Waals surface area (Å²) in [6.45, 7) is 4.33. The molecule has 25 heavy (non-hydrogen) atoms. The van der Waals surface area contributed by atoms with Crippen LogP contribution in [0.15, 0.2) is 30.7 Å². The highest BCUT2D eigenvalue weighted by molar-refractivity contribution is 5.96. The third-order valence-electron chi connectivity index (χ3n) is 5.04. The molecule has 2 aliphatic rings. The quantitative estimate of drug-likeness (QED) is 0.921. The van der Waals surface area contributed by atoms with Crippen molar-refractivity contribution in [3.05, 3.63) is 47.4 Å². The van der Waals surface area contributed by atoms with Crippen LogP contribution in [0.5, 0.6) is 0 Å². The van der Waals surface area contributed by atoms with Crippen molar-refractivity contribution >= 4 is 5.97 Å². The van der Waals surface area contributed by atoms with Gasteiger partial charge in [-0.1, -0.05) is 0 Å². The van der Waals surface area contributed by atoms with E-state index in [4.69, 9.17) is 4.74 Å². The van der Waals surface area contributed by atoms with Crippen LogP contribution >= 0.6 is 0 Å². The summed E-state index contributed by atoms with van der Waals surface area (Å²) in [4.78, 5) is 22.9. The number of carbonyl (C=O) groups is 1. The number of aromatic nitrogens is 2. The monoisotopic (exact) mass is 339 g/mol. The van der Waals surface area contributed by atoms with E-state index in [0.29, 0.717) is 17.2 Å². The third kappa shape index (κ3) is 3.27. The SMILES string of the molecule is O=C(O)c1c(-c2cccnc2)ncc2c1CCN(CC1CCOC1)C2. The Morgan fingerprint density at radius 2 is 2.32 bits per heavy atom. The number of carboxylic acid groups (broad SMARTS) is 1. The summed E-state index contributed by atoms with van der Waals surface area (Å²) in [5, 5.41) is 9.79. The first-order chi connectivity index (χ1) is 12.2. The second-order valence-corrected chi connectivity index (χ2v) is 6.75. The summed E-state index contributed by atoms with van der Waals surface area (Å²) < 4.78 is 5.46. The molecule has 0 aromatic carbocycles. The average molecular weight is 339 g/mol. The summed E-state index contributed by atoms with van der Waals surface area (Å²) >= 11 is 0.